The third-order valence-electron chi connectivity index (χ3n) is 4.58. The Kier molecular flexibility index (Phi) is 6.27. The molecule has 0 aromatic heterocycles. The van der Waals surface area contributed by atoms with Gasteiger partial charge in [-0.15, -0.1) is 0 Å². The van der Waals surface area contributed by atoms with Gasteiger partial charge in [-0.3, -0.25) is 14.4 Å². The van der Waals surface area contributed by atoms with Crippen LogP contribution in [-0.2, 0) is 20.9 Å². The zero-order valence-corrected chi connectivity index (χ0v) is 15.7. The van der Waals surface area contributed by atoms with Crippen LogP contribution in [0.5, 0.6) is 0 Å². The van der Waals surface area contributed by atoms with Crippen molar-refractivity contribution in [2.24, 2.45) is 5.73 Å². The van der Waals surface area contributed by atoms with Gasteiger partial charge in [0.15, 0.2) is 0 Å². The molecule has 1 aliphatic heterocycles. The zero-order valence-electron chi connectivity index (χ0n) is 15.7. The van der Waals surface area contributed by atoms with Crippen molar-refractivity contribution in [2.75, 3.05) is 11.4 Å². The highest BCUT2D eigenvalue weighted by Crippen LogP contribution is 2.26. The molecule has 148 valence electrons. The Morgan fingerprint density at radius 1 is 1.03 bits per heavy atom. The molecule has 0 unspecified atom stereocenters. The number of nitrogens with one attached hydrogen (secondary N) is 1. The van der Waals surface area contributed by atoms with Crippen LogP contribution < -0.4 is 16.0 Å². The van der Waals surface area contributed by atoms with Gasteiger partial charge in [-0.1, -0.05) is 42.2 Å². The number of nitrogens with zero attached hydrogens (tertiary/aromatic N) is 1. The first-order chi connectivity index (χ1) is 14.0. The fourth-order valence-electron chi connectivity index (χ4n) is 2.96. The van der Waals surface area contributed by atoms with E-state index in [0.29, 0.717) is 12.2 Å². The first-order valence-electron chi connectivity index (χ1n) is 9.20. The molecule has 3 rings (SSSR count). The van der Waals surface area contributed by atoms with E-state index >= 15 is 0 Å². The number of hydrogen-bond acceptors (Lipinski definition) is 4. The van der Waals surface area contributed by atoms with Crippen molar-refractivity contribution in [1.82, 2.24) is 5.32 Å². The Balaban J connectivity index is 1.74. The van der Waals surface area contributed by atoms with Gasteiger partial charge in [-0.2, -0.15) is 0 Å². The van der Waals surface area contributed by atoms with Crippen LogP contribution >= 0.6 is 0 Å². The average Bonchev–Trinajstić information content (AvgIpc) is 2.71. The lowest BCUT2D eigenvalue weighted by molar-refractivity contribution is -0.138. The van der Waals surface area contributed by atoms with Crippen LogP contribution in [-0.4, -0.2) is 35.5 Å². The van der Waals surface area contributed by atoms with Crippen molar-refractivity contribution in [3.63, 3.8) is 0 Å². The van der Waals surface area contributed by atoms with E-state index in [2.05, 4.69) is 17.2 Å². The predicted molar refractivity (Wildman–Crippen MR) is 108 cm³/mol. The summed E-state index contributed by atoms with van der Waals surface area (Å²) < 4.78 is 0. The summed E-state index contributed by atoms with van der Waals surface area (Å²) in [6, 6.07) is 13.9. The summed E-state index contributed by atoms with van der Waals surface area (Å²) in [5.74, 6) is 4.45. The molecule has 0 saturated carbocycles. The quantitative estimate of drug-likeness (QED) is 0.642. The second kappa shape index (κ2) is 9.04. The summed E-state index contributed by atoms with van der Waals surface area (Å²) in [7, 11) is 0. The molecule has 0 saturated heterocycles. The number of rotatable bonds is 6. The molecule has 2 amide bonds. The summed E-state index contributed by atoms with van der Waals surface area (Å²) in [5.41, 5.74) is 8.60. The first-order valence-corrected chi connectivity index (χ1v) is 9.20. The van der Waals surface area contributed by atoms with Gasteiger partial charge in [0.1, 0.15) is 6.04 Å². The molecule has 1 atom stereocenters. The molecule has 0 spiro atoms. The van der Waals surface area contributed by atoms with Gasteiger partial charge < -0.3 is 21.1 Å². The van der Waals surface area contributed by atoms with Crippen molar-refractivity contribution < 1.29 is 19.5 Å². The second-order valence-electron chi connectivity index (χ2n) is 6.65. The van der Waals surface area contributed by atoms with Crippen molar-refractivity contribution in [3.05, 3.63) is 65.2 Å². The molecule has 29 heavy (non-hydrogen) atoms. The molecule has 1 heterocycles. The van der Waals surface area contributed by atoms with Crippen LogP contribution in [0.4, 0.5) is 5.69 Å². The fourth-order valence-corrected chi connectivity index (χ4v) is 2.96. The van der Waals surface area contributed by atoms with E-state index in [-0.39, 0.29) is 25.3 Å². The lowest BCUT2D eigenvalue weighted by Crippen LogP contribution is -2.42. The molecule has 7 nitrogen and oxygen atoms in total. The van der Waals surface area contributed by atoms with Crippen molar-refractivity contribution in [1.29, 1.82) is 0 Å². The minimum atomic E-state index is -1.20. The van der Waals surface area contributed by atoms with Crippen LogP contribution in [0.1, 0.15) is 29.5 Å². The number of fused-ring (bicyclic) bond motifs is 2. The predicted octanol–water partition coefficient (Wildman–Crippen LogP) is 1.24. The number of benzene rings is 2. The van der Waals surface area contributed by atoms with E-state index in [0.717, 1.165) is 16.7 Å². The number of carboxylic acid groups (broad SMARTS) is 1. The molecule has 4 N–H and O–H groups in total. The average molecular weight is 391 g/mol. The van der Waals surface area contributed by atoms with E-state index in [1.54, 1.807) is 4.90 Å². The van der Waals surface area contributed by atoms with Gasteiger partial charge >= 0.3 is 5.97 Å². The first kappa shape index (κ1) is 20.1. The van der Waals surface area contributed by atoms with Crippen LogP contribution in [0.3, 0.4) is 0 Å². The number of aliphatic carboxylic acids is 1. The molecule has 1 aliphatic rings. The number of anilines is 1. The van der Waals surface area contributed by atoms with E-state index in [1.165, 1.54) is 0 Å². The number of amides is 2. The normalized spacial score (nSPS) is 12.9. The highest BCUT2D eigenvalue weighted by Gasteiger charge is 2.22. The minimum absolute atomic E-state index is 0.0158. The zero-order chi connectivity index (χ0) is 20.8. The van der Waals surface area contributed by atoms with Crippen molar-refractivity contribution in [2.45, 2.75) is 25.4 Å². The molecular formula is C22H21N3O4. The maximum Gasteiger partial charge on any atom is 0.322 e. The third kappa shape index (κ3) is 5.00. The summed E-state index contributed by atoms with van der Waals surface area (Å²) in [6.07, 6.45) is -0.0742. The van der Waals surface area contributed by atoms with E-state index in [9.17, 15) is 14.4 Å². The standard InChI is InChI=1S/C22H21N3O4/c23-18(22(28)29)13-24-20(26)11-12-21(27)25-14-17-7-2-1-5-15(17)9-10-16-6-3-4-8-19(16)25/h1-8,18H,11-14,23H2,(H,24,26)(H,28,29)/t18-/m1/s1. The molecule has 2 aromatic carbocycles. The summed E-state index contributed by atoms with van der Waals surface area (Å²) in [6.45, 7) is 0.171. The lowest BCUT2D eigenvalue weighted by Gasteiger charge is -2.26. The van der Waals surface area contributed by atoms with E-state index in [1.807, 2.05) is 48.5 Å². The maximum atomic E-state index is 13.0. The van der Waals surface area contributed by atoms with Gasteiger partial charge in [0, 0.05) is 30.5 Å². The highest BCUT2D eigenvalue weighted by atomic mass is 16.4. The number of para-hydroxylation sites is 1. The number of carbonyl (C=O) groups is 3. The number of hydrogen-bond donors (Lipinski definition) is 3. The Hall–Kier alpha value is -3.63. The lowest BCUT2D eigenvalue weighted by atomic mass is 10.0. The summed E-state index contributed by atoms with van der Waals surface area (Å²) >= 11 is 0. The maximum absolute atomic E-state index is 13.0. The van der Waals surface area contributed by atoms with Crippen LogP contribution in [0.2, 0.25) is 0 Å². The second-order valence-corrected chi connectivity index (χ2v) is 6.65. The van der Waals surface area contributed by atoms with Crippen LogP contribution in [0, 0.1) is 11.8 Å². The van der Waals surface area contributed by atoms with Gasteiger partial charge in [-0.05, 0) is 23.8 Å². The van der Waals surface area contributed by atoms with Crippen LogP contribution in [0.25, 0.3) is 0 Å². The number of carboxylic acids is 1. The SMILES string of the molecule is N[C@H](CNC(=O)CCC(=O)N1Cc2ccccc2C#Cc2ccccc21)C(=O)O. The Bertz CT molecular complexity index is 1010. The Morgan fingerprint density at radius 3 is 2.45 bits per heavy atom. The topological polar surface area (TPSA) is 113 Å². The largest absolute Gasteiger partial charge is 0.480 e. The minimum Gasteiger partial charge on any atom is -0.480 e. The van der Waals surface area contributed by atoms with E-state index in [4.69, 9.17) is 10.8 Å². The number of carbonyl (C=O) groups excluding carboxylic acids is 2. The molecule has 0 bridgehead atoms. The Labute approximate surface area is 168 Å². The van der Waals surface area contributed by atoms with Gasteiger partial charge in [0.25, 0.3) is 0 Å². The smallest absolute Gasteiger partial charge is 0.322 e. The van der Waals surface area contributed by atoms with Gasteiger partial charge in [0.05, 0.1) is 12.2 Å². The van der Waals surface area contributed by atoms with E-state index < -0.39 is 17.9 Å². The fraction of sp³-hybridized carbons (Fsp3) is 0.227. The van der Waals surface area contributed by atoms with Crippen LogP contribution in [0.15, 0.2) is 48.5 Å². The molecule has 0 radical (unpaired) electrons. The highest BCUT2D eigenvalue weighted by molar-refractivity contribution is 5.97. The summed E-state index contributed by atoms with van der Waals surface area (Å²) in [5, 5.41) is 11.2. The van der Waals surface area contributed by atoms with Gasteiger partial charge in [0.2, 0.25) is 11.8 Å². The van der Waals surface area contributed by atoms with Gasteiger partial charge in [-0.25, -0.2) is 0 Å². The van der Waals surface area contributed by atoms with Crippen molar-refractivity contribution >= 4 is 23.5 Å². The third-order valence-corrected chi connectivity index (χ3v) is 4.58. The monoisotopic (exact) mass is 391 g/mol. The molecular weight excluding hydrogens is 370 g/mol. The molecule has 0 fully saturated rings. The van der Waals surface area contributed by atoms with Crippen molar-refractivity contribution in [3.8, 4) is 11.8 Å². The molecule has 2 aromatic rings. The number of nitrogens with two attached hydrogens (primary N) is 1. The summed E-state index contributed by atoms with van der Waals surface area (Å²) in [4.78, 5) is 37.3. The Morgan fingerprint density at radius 2 is 1.69 bits per heavy atom. The molecule has 0 aliphatic carbocycles. The molecule has 7 heteroatoms.